The molecule has 0 aromatic heterocycles. The quantitative estimate of drug-likeness (QED) is 0.218. The fraction of sp³-hybridized carbons (Fsp3) is 0.278. The minimum atomic E-state index is -0.579. The van der Waals surface area contributed by atoms with Crippen LogP contribution < -0.4 is 10.1 Å². The molecular formula is C36H36ClN3O3S. The zero-order chi connectivity index (χ0) is 30.3. The summed E-state index contributed by atoms with van der Waals surface area (Å²) in [6.07, 6.45) is 1.77. The third-order valence-corrected chi connectivity index (χ3v) is 9.80. The first-order valence-corrected chi connectivity index (χ1v) is 16.5. The van der Waals surface area contributed by atoms with Crippen LogP contribution in [-0.4, -0.2) is 52.5 Å². The van der Waals surface area contributed by atoms with Gasteiger partial charge < -0.3 is 15.0 Å². The Balaban J connectivity index is 1.13. The Labute approximate surface area is 268 Å². The highest BCUT2D eigenvalue weighted by Gasteiger charge is 2.43. The largest absolute Gasteiger partial charge is 0.489 e. The standard InChI is InChI=1S/C36H36ClN3O3S/c37-30-15-11-28(12-16-30)35(42)40-33(34(41)38-31-19-21-39(22-20-31)23-26-7-3-1-4-8-26)25-44-36(40)29-13-17-32(18-14-29)43-24-27-9-5-2-6-10-27/h1-18,31,33,36H,19-25H2,(H,38,41). The maximum atomic E-state index is 14.0. The highest BCUT2D eigenvalue weighted by atomic mass is 35.5. The van der Waals surface area contributed by atoms with Gasteiger partial charge >= 0.3 is 0 Å². The van der Waals surface area contributed by atoms with E-state index in [4.69, 9.17) is 16.3 Å². The number of amides is 2. The Hall–Kier alpha value is -3.78. The van der Waals surface area contributed by atoms with E-state index in [0.29, 0.717) is 22.9 Å². The highest BCUT2D eigenvalue weighted by molar-refractivity contribution is 7.99. The minimum Gasteiger partial charge on any atom is -0.489 e. The van der Waals surface area contributed by atoms with Crippen LogP contribution in [0.3, 0.4) is 0 Å². The lowest BCUT2D eigenvalue weighted by molar-refractivity contribution is -0.125. The van der Waals surface area contributed by atoms with E-state index in [2.05, 4.69) is 34.5 Å². The Bertz CT molecular complexity index is 1530. The molecule has 44 heavy (non-hydrogen) atoms. The van der Waals surface area contributed by atoms with Gasteiger partial charge in [-0.1, -0.05) is 84.4 Å². The Kier molecular flexibility index (Phi) is 9.86. The third kappa shape index (κ3) is 7.46. The molecule has 0 radical (unpaired) electrons. The molecule has 2 atom stereocenters. The first-order valence-electron chi connectivity index (χ1n) is 15.1. The van der Waals surface area contributed by atoms with Gasteiger partial charge in [0.05, 0.1) is 0 Å². The molecule has 4 aromatic rings. The summed E-state index contributed by atoms with van der Waals surface area (Å²) in [7, 11) is 0. The number of hydrogen-bond acceptors (Lipinski definition) is 5. The van der Waals surface area contributed by atoms with Crippen LogP contribution in [0.1, 0.15) is 45.3 Å². The Morgan fingerprint density at radius 1 is 0.818 bits per heavy atom. The molecule has 2 unspecified atom stereocenters. The number of benzene rings is 4. The van der Waals surface area contributed by atoms with Crippen LogP contribution >= 0.6 is 23.4 Å². The summed E-state index contributed by atoms with van der Waals surface area (Å²) in [6.45, 7) is 3.25. The van der Waals surface area contributed by atoms with Crippen molar-refractivity contribution in [2.24, 2.45) is 0 Å². The highest BCUT2D eigenvalue weighted by Crippen LogP contribution is 2.43. The average molecular weight is 626 g/mol. The summed E-state index contributed by atoms with van der Waals surface area (Å²) >= 11 is 7.73. The van der Waals surface area contributed by atoms with Gasteiger partial charge in [0.25, 0.3) is 5.91 Å². The molecule has 2 fully saturated rings. The zero-order valence-electron chi connectivity index (χ0n) is 24.5. The molecule has 2 aliphatic heterocycles. The fourth-order valence-electron chi connectivity index (χ4n) is 5.80. The number of likely N-dealkylation sites (tertiary alicyclic amines) is 1. The topological polar surface area (TPSA) is 61.9 Å². The monoisotopic (exact) mass is 625 g/mol. The molecule has 2 saturated heterocycles. The lowest BCUT2D eigenvalue weighted by Gasteiger charge is -2.34. The van der Waals surface area contributed by atoms with Crippen molar-refractivity contribution in [1.29, 1.82) is 0 Å². The van der Waals surface area contributed by atoms with Gasteiger partial charge in [0.15, 0.2) is 0 Å². The first kappa shape index (κ1) is 30.3. The lowest BCUT2D eigenvalue weighted by atomic mass is 10.0. The molecule has 0 spiro atoms. The summed E-state index contributed by atoms with van der Waals surface area (Å²) in [4.78, 5) is 31.9. The molecule has 2 heterocycles. The molecule has 2 aliphatic rings. The molecule has 0 aliphatic carbocycles. The number of hydrogen-bond donors (Lipinski definition) is 1. The van der Waals surface area contributed by atoms with Crippen molar-refractivity contribution in [3.63, 3.8) is 0 Å². The number of rotatable bonds is 9. The molecule has 8 heteroatoms. The van der Waals surface area contributed by atoms with Crippen LogP contribution in [0.2, 0.25) is 5.02 Å². The number of nitrogens with zero attached hydrogens (tertiary/aromatic N) is 2. The van der Waals surface area contributed by atoms with E-state index in [-0.39, 0.29) is 23.2 Å². The molecule has 4 aromatic carbocycles. The third-order valence-electron chi connectivity index (χ3n) is 8.23. The summed E-state index contributed by atoms with van der Waals surface area (Å²) in [6, 6.07) is 34.7. The van der Waals surface area contributed by atoms with Gasteiger partial charge in [0, 0.05) is 42.0 Å². The molecule has 6 rings (SSSR count). The van der Waals surface area contributed by atoms with E-state index in [1.54, 1.807) is 40.9 Å². The summed E-state index contributed by atoms with van der Waals surface area (Å²) in [5.74, 6) is 1.00. The van der Waals surface area contributed by atoms with Crippen molar-refractivity contribution in [1.82, 2.24) is 15.1 Å². The number of halogens is 1. The fourth-order valence-corrected chi connectivity index (χ4v) is 7.35. The van der Waals surface area contributed by atoms with Crippen molar-refractivity contribution in [2.45, 2.75) is 43.5 Å². The number of piperidine rings is 1. The van der Waals surface area contributed by atoms with Gasteiger partial charge in [-0.15, -0.1) is 11.8 Å². The summed E-state index contributed by atoms with van der Waals surface area (Å²) in [5.41, 5.74) is 3.86. The second-order valence-electron chi connectivity index (χ2n) is 11.3. The lowest BCUT2D eigenvalue weighted by Crippen LogP contribution is -2.52. The minimum absolute atomic E-state index is 0.0899. The zero-order valence-corrected chi connectivity index (χ0v) is 26.1. The van der Waals surface area contributed by atoms with Crippen LogP contribution in [-0.2, 0) is 17.9 Å². The Morgan fingerprint density at radius 2 is 1.45 bits per heavy atom. The Morgan fingerprint density at radius 3 is 2.11 bits per heavy atom. The number of nitrogens with one attached hydrogen (secondary N) is 1. The van der Waals surface area contributed by atoms with E-state index in [9.17, 15) is 9.59 Å². The van der Waals surface area contributed by atoms with E-state index >= 15 is 0 Å². The first-order chi connectivity index (χ1) is 21.5. The van der Waals surface area contributed by atoms with Crippen molar-refractivity contribution in [3.05, 3.63) is 136 Å². The maximum absolute atomic E-state index is 14.0. The molecule has 6 nitrogen and oxygen atoms in total. The van der Waals surface area contributed by atoms with E-state index in [1.165, 1.54) is 5.56 Å². The number of thioether (sulfide) groups is 1. The van der Waals surface area contributed by atoms with Crippen LogP contribution in [0.15, 0.2) is 109 Å². The SMILES string of the molecule is O=C(NC1CCN(Cc2ccccc2)CC1)C1CSC(c2ccc(OCc3ccccc3)cc2)N1C(=O)c1ccc(Cl)cc1. The van der Waals surface area contributed by atoms with Gasteiger partial charge in [0.1, 0.15) is 23.8 Å². The normalized spacial score (nSPS) is 19.1. The van der Waals surface area contributed by atoms with Crippen molar-refractivity contribution >= 4 is 35.2 Å². The predicted octanol–water partition coefficient (Wildman–Crippen LogP) is 6.96. The van der Waals surface area contributed by atoms with Gasteiger partial charge in [-0.2, -0.15) is 0 Å². The smallest absolute Gasteiger partial charge is 0.255 e. The predicted molar refractivity (Wildman–Crippen MR) is 177 cm³/mol. The van der Waals surface area contributed by atoms with Crippen molar-refractivity contribution < 1.29 is 14.3 Å². The number of carbonyl (C=O) groups excluding carboxylic acids is 2. The maximum Gasteiger partial charge on any atom is 0.255 e. The summed E-state index contributed by atoms with van der Waals surface area (Å²) < 4.78 is 5.98. The van der Waals surface area contributed by atoms with E-state index in [1.807, 2.05) is 60.7 Å². The van der Waals surface area contributed by atoms with Gasteiger partial charge in [-0.25, -0.2) is 0 Å². The van der Waals surface area contributed by atoms with Gasteiger partial charge in [-0.05, 0) is 65.9 Å². The molecular weight excluding hydrogens is 590 g/mol. The number of carbonyl (C=O) groups is 2. The number of ether oxygens (including phenoxy) is 1. The van der Waals surface area contributed by atoms with E-state index < -0.39 is 6.04 Å². The van der Waals surface area contributed by atoms with Crippen LogP contribution in [0, 0.1) is 0 Å². The molecule has 226 valence electrons. The molecule has 1 N–H and O–H groups in total. The molecule has 2 amide bonds. The van der Waals surface area contributed by atoms with Crippen molar-refractivity contribution in [2.75, 3.05) is 18.8 Å². The van der Waals surface area contributed by atoms with Gasteiger partial charge in [0.2, 0.25) is 5.91 Å². The second-order valence-corrected chi connectivity index (χ2v) is 12.9. The van der Waals surface area contributed by atoms with Crippen LogP contribution in [0.4, 0.5) is 0 Å². The van der Waals surface area contributed by atoms with Crippen LogP contribution in [0.25, 0.3) is 0 Å². The summed E-state index contributed by atoms with van der Waals surface area (Å²) in [5, 5.41) is 3.55. The molecule has 0 saturated carbocycles. The van der Waals surface area contributed by atoms with E-state index in [0.717, 1.165) is 49.4 Å². The van der Waals surface area contributed by atoms with Crippen LogP contribution in [0.5, 0.6) is 5.75 Å². The molecule has 0 bridgehead atoms. The average Bonchev–Trinajstić information content (AvgIpc) is 3.51. The second kappa shape index (κ2) is 14.3. The van der Waals surface area contributed by atoms with Crippen molar-refractivity contribution in [3.8, 4) is 5.75 Å². The van der Waals surface area contributed by atoms with Gasteiger partial charge in [-0.3, -0.25) is 14.5 Å².